The molecule has 0 bridgehead atoms. The number of ether oxygens (including phenoxy) is 2. The fourth-order valence-electron chi connectivity index (χ4n) is 3.10. The van der Waals surface area contributed by atoms with Crippen LogP contribution in [0.2, 0.25) is 0 Å². The molecule has 0 amide bonds. The van der Waals surface area contributed by atoms with E-state index >= 15 is 0 Å². The van der Waals surface area contributed by atoms with Gasteiger partial charge in [0.05, 0.1) is 19.3 Å². The second-order valence-corrected chi connectivity index (χ2v) is 6.09. The molecule has 2 aromatic carbocycles. The van der Waals surface area contributed by atoms with Gasteiger partial charge in [-0.1, -0.05) is 67.6 Å². The molecule has 3 nitrogen and oxygen atoms in total. The number of rotatable bonds is 6. The predicted molar refractivity (Wildman–Crippen MR) is 92.3 cm³/mol. The van der Waals surface area contributed by atoms with Crippen molar-refractivity contribution in [3.63, 3.8) is 0 Å². The Morgan fingerprint density at radius 3 is 2.43 bits per heavy atom. The molecule has 0 unspecified atom stereocenters. The van der Waals surface area contributed by atoms with E-state index in [2.05, 4.69) is 60.8 Å². The van der Waals surface area contributed by atoms with Gasteiger partial charge in [-0.05, 0) is 17.5 Å². The van der Waals surface area contributed by atoms with E-state index in [9.17, 15) is 0 Å². The van der Waals surface area contributed by atoms with Crippen LogP contribution < -0.4 is 5.32 Å². The topological polar surface area (TPSA) is 30.5 Å². The van der Waals surface area contributed by atoms with Crippen LogP contribution in [0.1, 0.15) is 24.5 Å². The summed E-state index contributed by atoms with van der Waals surface area (Å²) in [4.78, 5) is 0. The fraction of sp³-hybridized carbons (Fsp3) is 0.400. The first-order chi connectivity index (χ1) is 11.3. The predicted octanol–water partition coefficient (Wildman–Crippen LogP) is 3.50. The van der Waals surface area contributed by atoms with Crippen molar-refractivity contribution in [2.45, 2.75) is 31.6 Å². The number of hydrogen-bond donors (Lipinski definition) is 1. The summed E-state index contributed by atoms with van der Waals surface area (Å²) in [6.45, 7) is 5.09. The first-order valence-corrected chi connectivity index (χ1v) is 8.38. The maximum Gasteiger partial charge on any atom is 0.117 e. The van der Waals surface area contributed by atoms with Crippen LogP contribution in [0.15, 0.2) is 60.7 Å². The van der Waals surface area contributed by atoms with E-state index in [0.717, 1.165) is 19.5 Å². The van der Waals surface area contributed by atoms with Crippen LogP contribution in [-0.4, -0.2) is 25.9 Å². The zero-order chi connectivity index (χ0) is 16.0. The van der Waals surface area contributed by atoms with Crippen LogP contribution >= 0.6 is 0 Å². The molecule has 2 aromatic rings. The lowest BCUT2D eigenvalue weighted by Crippen LogP contribution is -2.48. The quantitative estimate of drug-likeness (QED) is 0.886. The summed E-state index contributed by atoms with van der Waals surface area (Å²) < 4.78 is 12.3. The molecule has 0 saturated carbocycles. The van der Waals surface area contributed by atoms with Crippen LogP contribution in [0.25, 0.3) is 0 Å². The summed E-state index contributed by atoms with van der Waals surface area (Å²) in [5, 5.41) is 3.48. The minimum atomic E-state index is -0.321. The highest BCUT2D eigenvalue weighted by molar-refractivity contribution is 5.23. The Bertz CT molecular complexity index is 587. The van der Waals surface area contributed by atoms with Crippen LogP contribution in [-0.2, 0) is 21.6 Å². The third-order valence-electron chi connectivity index (χ3n) is 4.45. The fourth-order valence-corrected chi connectivity index (χ4v) is 3.10. The molecular weight excluding hydrogens is 286 g/mol. The average Bonchev–Trinajstić information content (AvgIpc) is 2.63. The van der Waals surface area contributed by atoms with Crippen LogP contribution in [0.5, 0.6) is 0 Å². The van der Waals surface area contributed by atoms with Crippen molar-refractivity contribution in [3.05, 3.63) is 71.8 Å². The number of benzene rings is 2. The van der Waals surface area contributed by atoms with E-state index < -0.39 is 0 Å². The van der Waals surface area contributed by atoms with E-state index in [1.165, 1.54) is 11.1 Å². The number of nitrogens with one attached hydrogen (secondary N) is 1. The van der Waals surface area contributed by atoms with Crippen molar-refractivity contribution in [1.82, 2.24) is 5.32 Å². The number of hydrogen-bond acceptors (Lipinski definition) is 3. The van der Waals surface area contributed by atoms with Gasteiger partial charge in [-0.2, -0.15) is 0 Å². The van der Waals surface area contributed by atoms with Crippen molar-refractivity contribution >= 4 is 0 Å². The van der Waals surface area contributed by atoms with E-state index in [1.807, 2.05) is 12.1 Å². The highest BCUT2D eigenvalue weighted by Gasteiger charge is 2.38. The Labute approximate surface area is 138 Å². The second kappa shape index (κ2) is 7.73. The lowest BCUT2D eigenvalue weighted by atomic mass is 9.90. The highest BCUT2D eigenvalue weighted by Crippen LogP contribution is 2.34. The van der Waals surface area contributed by atoms with Gasteiger partial charge in [-0.3, -0.25) is 0 Å². The molecule has 122 valence electrons. The zero-order valence-electron chi connectivity index (χ0n) is 13.7. The van der Waals surface area contributed by atoms with Gasteiger partial charge in [-0.15, -0.1) is 0 Å². The molecule has 1 fully saturated rings. The van der Waals surface area contributed by atoms with E-state index in [1.54, 1.807) is 0 Å². The molecule has 23 heavy (non-hydrogen) atoms. The van der Waals surface area contributed by atoms with Gasteiger partial charge in [0.1, 0.15) is 5.60 Å². The van der Waals surface area contributed by atoms with Crippen LogP contribution in [0.4, 0.5) is 0 Å². The van der Waals surface area contributed by atoms with Gasteiger partial charge in [0.25, 0.3) is 0 Å². The molecule has 3 heteroatoms. The van der Waals surface area contributed by atoms with Gasteiger partial charge in [0, 0.05) is 13.1 Å². The summed E-state index contributed by atoms with van der Waals surface area (Å²) in [5.74, 6) is 0. The Morgan fingerprint density at radius 2 is 1.74 bits per heavy atom. The van der Waals surface area contributed by atoms with Crippen molar-refractivity contribution in [2.75, 3.05) is 19.8 Å². The minimum absolute atomic E-state index is 0.0765. The van der Waals surface area contributed by atoms with Crippen LogP contribution in [0, 0.1) is 0 Å². The monoisotopic (exact) mass is 311 g/mol. The molecule has 1 saturated heterocycles. The third kappa shape index (κ3) is 3.99. The maximum atomic E-state index is 6.46. The van der Waals surface area contributed by atoms with Gasteiger partial charge in [0.2, 0.25) is 0 Å². The van der Waals surface area contributed by atoms with Crippen molar-refractivity contribution < 1.29 is 9.47 Å². The SMILES string of the molecule is CC[C@]1(c2ccccc2)COC[C@H](CNCc2ccccc2)O1. The summed E-state index contributed by atoms with van der Waals surface area (Å²) in [5.41, 5.74) is 2.17. The minimum Gasteiger partial charge on any atom is -0.375 e. The first-order valence-electron chi connectivity index (χ1n) is 8.38. The summed E-state index contributed by atoms with van der Waals surface area (Å²) >= 11 is 0. The molecule has 0 radical (unpaired) electrons. The second-order valence-electron chi connectivity index (χ2n) is 6.09. The van der Waals surface area contributed by atoms with E-state index in [0.29, 0.717) is 13.2 Å². The normalized spacial score (nSPS) is 24.5. The molecule has 3 rings (SSSR count). The summed E-state index contributed by atoms with van der Waals surface area (Å²) in [6, 6.07) is 20.9. The van der Waals surface area contributed by atoms with Gasteiger partial charge >= 0.3 is 0 Å². The highest BCUT2D eigenvalue weighted by atomic mass is 16.6. The van der Waals surface area contributed by atoms with E-state index in [4.69, 9.17) is 9.47 Å². The Balaban J connectivity index is 1.59. The summed E-state index contributed by atoms with van der Waals surface area (Å²) in [7, 11) is 0. The molecule has 0 spiro atoms. The molecular formula is C20H25NO2. The maximum absolute atomic E-state index is 6.46. The van der Waals surface area contributed by atoms with Gasteiger partial charge < -0.3 is 14.8 Å². The molecule has 2 atom stereocenters. The Morgan fingerprint density at radius 1 is 1.04 bits per heavy atom. The standard InChI is InChI=1S/C20H25NO2/c1-2-20(18-11-7-4-8-12-18)16-22-15-19(23-20)14-21-13-17-9-5-3-6-10-17/h3-12,19,21H,2,13-16H2,1H3/t19-,20+/m0/s1. The lowest BCUT2D eigenvalue weighted by Gasteiger charge is -2.41. The van der Waals surface area contributed by atoms with Crippen LogP contribution in [0.3, 0.4) is 0 Å². The Kier molecular flexibility index (Phi) is 5.44. The first kappa shape index (κ1) is 16.2. The van der Waals surface area contributed by atoms with Crippen molar-refractivity contribution in [2.24, 2.45) is 0 Å². The smallest absolute Gasteiger partial charge is 0.117 e. The Hall–Kier alpha value is -1.68. The van der Waals surface area contributed by atoms with Crippen molar-refractivity contribution in [3.8, 4) is 0 Å². The average molecular weight is 311 g/mol. The largest absolute Gasteiger partial charge is 0.375 e. The molecule has 1 aliphatic heterocycles. The third-order valence-corrected chi connectivity index (χ3v) is 4.45. The lowest BCUT2D eigenvalue weighted by molar-refractivity contribution is -0.204. The van der Waals surface area contributed by atoms with Gasteiger partial charge in [-0.25, -0.2) is 0 Å². The molecule has 1 aliphatic rings. The molecule has 0 aliphatic carbocycles. The molecule has 1 heterocycles. The van der Waals surface area contributed by atoms with Gasteiger partial charge in [0.15, 0.2) is 0 Å². The summed E-state index contributed by atoms with van der Waals surface area (Å²) in [6.07, 6.45) is 0.985. The van der Waals surface area contributed by atoms with E-state index in [-0.39, 0.29) is 11.7 Å². The zero-order valence-corrected chi connectivity index (χ0v) is 13.7. The molecule has 1 N–H and O–H groups in total. The molecule has 0 aromatic heterocycles. The van der Waals surface area contributed by atoms with Crippen molar-refractivity contribution in [1.29, 1.82) is 0 Å².